The van der Waals surface area contributed by atoms with Crippen molar-refractivity contribution in [2.45, 2.75) is 38.4 Å². The van der Waals surface area contributed by atoms with Crippen LogP contribution in [0.5, 0.6) is 0 Å². The van der Waals surface area contributed by atoms with Crippen LogP contribution in [0.4, 0.5) is 0 Å². The molecule has 1 amide bonds. The van der Waals surface area contributed by atoms with Gasteiger partial charge in [0.2, 0.25) is 5.91 Å². The van der Waals surface area contributed by atoms with E-state index in [9.17, 15) is 9.59 Å². The molecule has 1 aromatic heterocycles. The Morgan fingerprint density at radius 1 is 1.19 bits per heavy atom. The molecule has 1 aliphatic heterocycles. The monoisotopic (exact) mass is 450 g/mol. The van der Waals surface area contributed by atoms with Crippen LogP contribution < -0.4 is 10.9 Å². The molecule has 1 N–H and O–H groups in total. The maximum Gasteiger partial charge on any atom is 0.283 e. The van der Waals surface area contributed by atoms with E-state index in [1.165, 1.54) is 22.9 Å². The van der Waals surface area contributed by atoms with E-state index in [-0.39, 0.29) is 17.2 Å². The number of hydrogen-bond acceptors (Lipinski definition) is 5. The van der Waals surface area contributed by atoms with Crippen LogP contribution in [0.15, 0.2) is 58.4 Å². The van der Waals surface area contributed by atoms with Gasteiger partial charge in [0.15, 0.2) is 5.03 Å². The lowest BCUT2D eigenvalue weighted by molar-refractivity contribution is -0.118. The molecule has 0 spiro atoms. The molecular formula is C25H30N4O2S. The number of fused-ring (bicyclic) bond motifs is 1. The molecule has 0 bridgehead atoms. The van der Waals surface area contributed by atoms with Crippen LogP contribution in [-0.2, 0) is 17.9 Å². The third kappa shape index (κ3) is 5.40. The van der Waals surface area contributed by atoms with Crippen LogP contribution in [0.2, 0.25) is 0 Å². The van der Waals surface area contributed by atoms with Gasteiger partial charge in [0.25, 0.3) is 5.56 Å². The fourth-order valence-electron chi connectivity index (χ4n) is 4.19. The number of rotatable bonds is 8. The van der Waals surface area contributed by atoms with Crippen LogP contribution in [0.1, 0.15) is 24.5 Å². The molecule has 32 heavy (non-hydrogen) atoms. The van der Waals surface area contributed by atoms with Crippen molar-refractivity contribution in [3.8, 4) is 0 Å². The third-order valence-corrected chi connectivity index (χ3v) is 6.91. The molecule has 2 aromatic carbocycles. The lowest BCUT2D eigenvalue weighted by Gasteiger charge is -2.16. The maximum absolute atomic E-state index is 12.7. The first-order chi connectivity index (χ1) is 15.5. The maximum atomic E-state index is 12.7. The Morgan fingerprint density at radius 3 is 2.75 bits per heavy atom. The van der Waals surface area contributed by atoms with Crippen LogP contribution in [0, 0.1) is 12.8 Å². The first kappa shape index (κ1) is 22.6. The van der Waals surface area contributed by atoms with Gasteiger partial charge in [-0.05, 0) is 50.4 Å². The van der Waals surface area contributed by atoms with Crippen molar-refractivity contribution in [3.63, 3.8) is 0 Å². The molecule has 4 rings (SSSR count). The average molecular weight is 451 g/mol. The molecule has 3 aromatic rings. The number of amides is 1. The second-order valence-corrected chi connectivity index (χ2v) is 9.39. The molecular weight excluding hydrogens is 420 g/mol. The number of aromatic nitrogens is 2. The number of aryl methyl sites for hydroxylation is 2. The minimum atomic E-state index is -0.133. The largest absolute Gasteiger partial charge is 0.355 e. The summed E-state index contributed by atoms with van der Waals surface area (Å²) >= 11 is 1.22. The second kappa shape index (κ2) is 10.3. The third-order valence-electron chi connectivity index (χ3n) is 5.96. The Hall–Kier alpha value is -2.64. The SMILES string of the molecule is CCn1c(=O)c(SCC(=O)NC[C@H]2CCN(Cc3ccc(C)cc3)C2)nc2ccccc21. The molecule has 1 atom stereocenters. The highest BCUT2D eigenvalue weighted by Gasteiger charge is 2.23. The van der Waals surface area contributed by atoms with Gasteiger partial charge < -0.3 is 9.88 Å². The van der Waals surface area contributed by atoms with Crippen molar-refractivity contribution in [2.24, 2.45) is 5.92 Å². The molecule has 0 unspecified atom stereocenters. The molecule has 7 heteroatoms. The molecule has 0 aliphatic carbocycles. The highest BCUT2D eigenvalue weighted by molar-refractivity contribution is 7.99. The number of benzene rings is 2. The molecule has 0 radical (unpaired) electrons. The Balaban J connectivity index is 1.26. The van der Waals surface area contributed by atoms with Crippen LogP contribution in [0.25, 0.3) is 11.0 Å². The van der Waals surface area contributed by atoms with E-state index in [0.29, 0.717) is 24.0 Å². The predicted octanol–water partition coefficient (Wildman–Crippen LogP) is 3.46. The molecule has 6 nitrogen and oxygen atoms in total. The van der Waals surface area contributed by atoms with Gasteiger partial charge in [-0.15, -0.1) is 0 Å². The minimum Gasteiger partial charge on any atom is -0.355 e. The van der Waals surface area contributed by atoms with Crippen LogP contribution in [0.3, 0.4) is 0 Å². The standard InChI is InChI=1S/C25H30N4O2S/c1-3-29-22-7-5-4-6-21(22)27-24(25(29)31)32-17-23(30)26-14-20-12-13-28(16-20)15-19-10-8-18(2)9-11-19/h4-11,20H,3,12-17H2,1-2H3,(H,26,30)/t20-/m1/s1. The average Bonchev–Trinajstić information content (AvgIpc) is 3.25. The van der Waals surface area contributed by atoms with Gasteiger partial charge >= 0.3 is 0 Å². The zero-order chi connectivity index (χ0) is 22.5. The molecule has 0 saturated carbocycles. The Morgan fingerprint density at radius 2 is 1.97 bits per heavy atom. The normalized spacial score (nSPS) is 16.5. The highest BCUT2D eigenvalue weighted by Crippen LogP contribution is 2.19. The van der Waals surface area contributed by atoms with E-state index in [2.05, 4.69) is 46.4 Å². The molecule has 1 fully saturated rings. The number of thioether (sulfide) groups is 1. The number of carbonyl (C=O) groups excluding carboxylic acids is 1. The lowest BCUT2D eigenvalue weighted by Crippen LogP contribution is -2.32. The fourth-order valence-corrected chi connectivity index (χ4v) is 4.96. The predicted molar refractivity (Wildman–Crippen MR) is 130 cm³/mol. The van der Waals surface area contributed by atoms with E-state index >= 15 is 0 Å². The lowest BCUT2D eigenvalue weighted by atomic mass is 10.1. The number of carbonyl (C=O) groups is 1. The quantitative estimate of drug-likeness (QED) is 0.533. The van der Waals surface area contributed by atoms with Gasteiger partial charge in [-0.1, -0.05) is 53.7 Å². The summed E-state index contributed by atoms with van der Waals surface area (Å²) in [4.78, 5) is 32.1. The van der Waals surface area contributed by atoms with Gasteiger partial charge in [0.05, 0.1) is 16.8 Å². The fraction of sp³-hybridized carbons (Fsp3) is 0.400. The molecule has 1 aliphatic rings. The first-order valence-electron chi connectivity index (χ1n) is 11.2. The van der Waals surface area contributed by atoms with E-state index in [1.54, 1.807) is 4.57 Å². The summed E-state index contributed by atoms with van der Waals surface area (Å²) in [6.45, 7) is 8.30. The van der Waals surface area contributed by atoms with Gasteiger partial charge in [0.1, 0.15) is 0 Å². The number of nitrogens with one attached hydrogen (secondary N) is 1. The van der Waals surface area contributed by atoms with Crippen molar-refractivity contribution in [1.82, 2.24) is 19.8 Å². The van der Waals surface area contributed by atoms with Gasteiger partial charge in [-0.3, -0.25) is 14.5 Å². The zero-order valence-electron chi connectivity index (χ0n) is 18.7. The summed E-state index contributed by atoms with van der Waals surface area (Å²) in [5.41, 5.74) is 4.08. The summed E-state index contributed by atoms with van der Waals surface area (Å²) < 4.78 is 1.71. The second-order valence-electron chi connectivity index (χ2n) is 8.42. The number of likely N-dealkylation sites (tertiary alicyclic amines) is 1. The number of nitrogens with zero attached hydrogens (tertiary/aromatic N) is 3. The molecule has 2 heterocycles. The van der Waals surface area contributed by atoms with E-state index < -0.39 is 0 Å². The van der Waals surface area contributed by atoms with E-state index in [0.717, 1.165) is 37.1 Å². The van der Waals surface area contributed by atoms with Crippen LogP contribution in [-0.4, -0.2) is 45.7 Å². The molecule has 1 saturated heterocycles. The van der Waals surface area contributed by atoms with Crippen molar-refractivity contribution in [2.75, 3.05) is 25.4 Å². The first-order valence-corrected chi connectivity index (χ1v) is 12.2. The minimum absolute atomic E-state index is 0.0515. The number of hydrogen-bond donors (Lipinski definition) is 1. The Bertz CT molecular complexity index is 1140. The van der Waals surface area contributed by atoms with Crippen molar-refractivity contribution in [1.29, 1.82) is 0 Å². The number of para-hydroxylation sites is 2. The summed E-state index contributed by atoms with van der Waals surface area (Å²) in [7, 11) is 0. The highest BCUT2D eigenvalue weighted by atomic mass is 32.2. The summed E-state index contributed by atoms with van der Waals surface area (Å²) in [5, 5.41) is 3.43. The van der Waals surface area contributed by atoms with Crippen molar-refractivity contribution >= 4 is 28.7 Å². The Labute approximate surface area is 193 Å². The van der Waals surface area contributed by atoms with E-state index in [1.807, 2.05) is 31.2 Å². The van der Waals surface area contributed by atoms with E-state index in [4.69, 9.17) is 0 Å². The summed E-state index contributed by atoms with van der Waals surface area (Å²) in [5.74, 6) is 0.610. The van der Waals surface area contributed by atoms with Gasteiger partial charge in [-0.2, -0.15) is 0 Å². The van der Waals surface area contributed by atoms with Gasteiger partial charge in [0, 0.05) is 26.2 Å². The zero-order valence-corrected chi connectivity index (χ0v) is 19.5. The van der Waals surface area contributed by atoms with Crippen molar-refractivity contribution in [3.05, 3.63) is 70.0 Å². The Kier molecular flexibility index (Phi) is 7.27. The van der Waals surface area contributed by atoms with Crippen molar-refractivity contribution < 1.29 is 4.79 Å². The summed E-state index contributed by atoms with van der Waals surface area (Å²) in [6.07, 6.45) is 1.09. The topological polar surface area (TPSA) is 67.2 Å². The molecule has 168 valence electrons. The smallest absolute Gasteiger partial charge is 0.283 e. The summed E-state index contributed by atoms with van der Waals surface area (Å²) in [6, 6.07) is 16.3. The van der Waals surface area contributed by atoms with Crippen LogP contribution >= 0.6 is 11.8 Å². The van der Waals surface area contributed by atoms with Gasteiger partial charge in [-0.25, -0.2) is 4.98 Å².